The van der Waals surface area contributed by atoms with Crippen molar-refractivity contribution >= 4 is 6.09 Å². The number of rotatable bonds is 4. The number of hydrogen-bond acceptors (Lipinski definition) is 2. The van der Waals surface area contributed by atoms with Crippen LogP contribution in [0.5, 0.6) is 0 Å². The molecule has 0 radical (unpaired) electrons. The lowest BCUT2D eigenvalue weighted by atomic mass is 9.75. The zero-order valence-corrected chi connectivity index (χ0v) is 14.2. The number of alkyl carbamates (subject to hydrolysis) is 1. The Morgan fingerprint density at radius 2 is 1.86 bits per heavy atom. The summed E-state index contributed by atoms with van der Waals surface area (Å²) in [5.74, 6) is 1.67. The van der Waals surface area contributed by atoms with E-state index in [0.717, 1.165) is 18.4 Å². The molecule has 1 amide bonds. The first-order valence-corrected chi connectivity index (χ1v) is 8.49. The number of carbonyl (C=O) groups is 1. The highest BCUT2D eigenvalue weighted by Crippen LogP contribution is 2.35. The maximum Gasteiger partial charge on any atom is 0.407 e. The molecular weight excluding hydrogens is 274 g/mol. The second-order valence-electron chi connectivity index (χ2n) is 7.05. The largest absolute Gasteiger partial charge is 0.446 e. The predicted molar refractivity (Wildman–Crippen MR) is 89.6 cm³/mol. The summed E-state index contributed by atoms with van der Waals surface area (Å²) >= 11 is 0. The molecular formula is C19H29NO2. The minimum absolute atomic E-state index is 0.0350. The van der Waals surface area contributed by atoms with Crippen molar-refractivity contribution in [1.29, 1.82) is 0 Å². The van der Waals surface area contributed by atoms with E-state index in [0.29, 0.717) is 17.8 Å². The van der Waals surface area contributed by atoms with Gasteiger partial charge in [-0.15, -0.1) is 0 Å². The van der Waals surface area contributed by atoms with Gasteiger partial charge in [0.2, 0.25) is 0 Å². The Bertz CT molecular complexity index is 472. The van der Waals surface area contributed by atoms with Crippen molar-refractivity contribution in [2.75, 3.05) is 0 Å². The summed E-state index contributed by atoms with van der Waals surface area (Å²) in [7, 11) is 0. The number of nitrogens with one attached hydrogen (secondary N) is 1. The second-order valence-corrected chi connectivity index (χ2v) is 7.05. The van der Waals surface area contributed by atoms with Gasteiger partial charge in [-0.3, -0.25) is 0 Å². The lowest BCUT2D eigenvalue weighted by molar-refractivity contribution is 0.00516. The summed E-state index contributed by atoms with van der Waals surface area (Å²) < 4.78 is 5.78. The number of amides is 1. The fourth-order valence-electron chi connectivity index (χ4n) is 3.42. The van der Waals surface area contributed by atoms with Crippen LogP contribution in [0, 0.1) is 17.8 Å². The summed E-state index contributed by atoms with van der Waals surface area (Å²) in [5, 5.41) is 2.96. The molecule has 0 heterocycles. The molecule has 3 nitrogen and oxygen atoms in total. The maximum absolute atomic E-state index is 12.2. The Hall–Kier alpha value is -1.51. The first-order chi connectivity index (χ1) is 10.5. The van der Waals surface area contributed by atoms with Crippen molar-refractivity contribution in [3.8, 4) is 0 Å². The first-order valence-electron chi connectivity index (χ1n) is 8.49. The van der Waals surface area contributed by atoms with Gasteiger partial charge in [-0.25, -0.2) is 4.79 Å². The molecule has 1 fully saturated rings. The highest BCUT2D eigenvalue weighted by atomic mass is 16.6. The summed E-state index contributed by atoms with van der Waals surface area (Å²) in [5.41, 5.74) is 1.09. The van der Waals surface area contributed by atoms with Gasteiger partial charge in [0.1, 0.15) is 6.10 Å². The van der Waals surface area contributed by atoms with Gasteiger partial charge in [0.15, 0.2) is 0 Å². The monoisotopic (exact) mass is 303 g/mol. The molecule has 0 bridgehead atoms. The zero-order valence-electron chi connectivity index (χ0n) is 14.2. The van der Waals surface area contributed by atoms with Crippen LogP contribution in [0.25, 0.3) is 0 Å². The van der Waals surface area contributed by atoms with Crippen molar-refractivity contribution in [3.63, 3.8) is 0 Å². The maximum atomic E-state index is 12.2. The fourth-order valence-corrected chi connectivity index (χ4v) is 3.42. The minimum Gasteiger partial charge on any atom is -0.446 e. The molecule has 1 aromatic carbocycles. The highest BCUT2D eigenvalue weighted by Gasteiger charge is 2.33. The van der Waals surface area contributed by atoms with E-state index < -0.39 is 0 Å². The molecule has 0 saturated heterocycles. The SMILES string of the molecule is CC1CCC(C(C)C)C(OC(=O)NC(C)c2ccccc2)C1. The zero-order chi connectivity index (χ0) is 16.1. The van der Waals surface area contributed by atoms with Crippen LogP contribution in [0.2, 0.25) is 0 Å². The fraction of sp³-hybridized carbons (Fsp3) is 0.632. The standard InChI is InChI=1S/C19H29NO2/c1-13(2)17-11-10-14(3)12-18(17)22-19(21)20-15(4)16-8-6-5-7-9-16/h5-9,13-15,17-18H,10-12H2,1-4H3,(H,20,21). The summed E-state index contributed by atoms with van der Waals surface area (Å²) in [6.07, 6.45) is 3.14. The van der Waals surface area contributed by atoms with Crippen LogP contribution in [-0.4, -0.2) is 12.2 Å². The smallest absolute Gasteiger partial charge is 0.407 e. The quantitative estimate of drug-likeness (QED) is 0.856. The molecule has 1 N–H and O–H groups in total. The van der Waals surface area contributed by atoms with Gasteiger partial charge < -0.3 is 10.1 Å². The predicted octanol–water partition coefficient (Wildman–Crippen LogP) is 4.93. The summed E-state index contributed by atoms with van der Waals surface area (Å²) in [6.45, 7) is 8.68. The van der Waals surface area contributed by atoms with Crippen molar-refractivity contribution in [2.45, 2.75) is 59.1 Å². The molecule has 4 unspecified atom stereocenters. The highest BCUT2D eigenvalue weighted by molar-refractivity contribution is 5.68. The van der Waals surface area contributed by atoms with E-state index >= 15 is 0 Å². The van der Waals surface area contributed by atoms with Gasteiger partial charge in [0.25, 0.3) is 0 Å². The van der Waals surface area contributed by atoms with Gasteiger partial charge in [0.05, 0.1) is 6.04 Å². The van der Waals surface area contributed by atoms with E-state index in [9.17, 15) is 4.79 Å². The third kappa shape index (κ3) is 4.49. The van der Waals surface area contributed by atoms with E-state index in [4.69, 9.17) is 4.74 Å². The van der Waals surface area contributed by atoms with Gasteiger partial charge in [-0.2, -0.15) is 0 Å². The molecule has 0 spiro atoms. The third-order valence-electron chi connectivity index (χ3n) is 4.85. The normalized spacial score (nSPS) is 26.5. The van der Waals surface area contributed by atoms with E-state index in [-0.39, 0.29) is 18.2 Å². The van der Waals surface area contributed by atoms with Crippen LogP contribution in [0.4, 0.5) is 4.79 Å². The van der Waals surface area contributed by atoms with Crippen LogP contribution in [0.15, 0.2) is 30.3 Å². The number of benzene rings is 1. The summed E-state index contributed by atoms with van der Waals surface area (Å²) in [6, 6.07) is 9.94. The number of carbonyl (C=O) groups excluding carboxylic acids is 1. The molecule has 1 aliphatic rings. The first kappa shape index (κ1) is 16.9. The van der Waals surface area contributed by atoms with Gasteiger partial charge in [-0.05, 0) is 43.1 Å². The van der Waals surface area contributed by atoms with Crippen molar-refractivity contribution in [3.05, 3.63) is 35.9 Å². The van der Waals surface area contributed by atoms with Gasteiger partial charge in [0, 0.05) is 0 Å². The van der Waals surface area contributed by atoms with Crippen LogP contribution in [0.1, 0.15) is 58.6 Å². The molecule has 4 atom stereocenters. The van der Waals surface area contributed by atoms with Gasteiger partial charge in [-0.1, -0.05) is 57.5 Å². The third-order valence-corrected chi connectivity index (χ3v) is 4.85. The lowest BCUT2D eigenvalue weighted by Crippen LogP contribution is -2.39. The average Bonchev–Trinajstić information content (AvgIpc) is 2.47. The second kappa shape index (κ2) is 7.66. The Morgan fingerprint density at radius 3 is 2.50 bits per heavy atom. The van der Waals surface area contributed by atoms with Crippen LogP contribution >= 0.6 is 0 Å². The average molecular weight is 303 g/mol. The lowest BCUT2D eigenvalue weighted by Gasteiger charge is -2.36. The van der Waals surface area contributed by atoms with E-state index in [1.54, 1.807) is 0 Å². The molecule has 122 valence electrons. The van der Waals surface area contributed by atoms with Crippen LogP contribution < -0.4 is 5.32 Å². The topological polar surface area (TPSA) is 38.3 Å². The van der Waals surface area contributed by atoms with Crippen molar-refractivity contribution in [1.82, 2.24) is 5.32 Å². The molecule has 1 saturated carbocycles. The number of hydrogen-bond donors (Lipinski definition) is 1. The van der Waals surface area contributed by atoms with Crippen LogP contribution in [-0.2, 0) is 4.74 Å². The Labute approximate surface area is 134 Å². The molecule has 0 aliphatic heterocycles. The molecule has 22 heavy (non-hydrogen) atoms. The van der Waals surface area contributed by atoms with Crippen LogP contribution in [0.3, 0.4) is 0 Å². The Balaban J connectivity index is 1.92. The van der Waals surface area contributed by atoms with Crippen molar-refractivity contribution in [2.24, 2.45) is 17.8 Å². The minimum atomic E-state index is -0.291. The Morgan fingerprint density at radius 1 is 1.18 bits per heavy atom. The molecule has 3 heteroatoms. The van der Waals surface area contributed by atoms with E-state index in [1.807, 2.05) is 37.3 Å². The number of ether oxygens (including phenoxy) is 1. The molecule has 1 aromatic rings. The molecule has 0 aromatic heterocycles. The molecule has 2 rings (SSSR count). The summed E-state index contributed by atoms with van der Waals surface area (Å²) in [4.78, 5) is 12.2. The Kier molecular flexibility index (Phi) is 5.87. The molecule has 1 aliphatic carbocycles. The van der Waals surface area contributed by atoms with Gasteiger partial charge >= 0.3 is 6.09 Å². The van der Waals surface area contributed by atoms with E-state index in [1.165, 1.54) is 6.42 Å². The van der Waals surface area contributed by atoms with Crippen molar-refractivity contribution < 1.29 is 9.53 Å². The van der Waals surface area contributed by atoms with E-state index in [2.05, 4.69) is 26.1 Å².